The molecule has 0 saturated carbocycles. The van der Waals surface area contributed by atoms with Gasteiger partial charge in [0.1, 0.15) is 11.4 Å². The molecule has 0 spiro atoms. The van der Waals surface area contributed by atoms with Gasteiger partial charge in [-0.15, -0.1) is 0 Å². The van der Waals surface area contributed by atoms with Gasteiger partial charge in [-0.3, -0.25) is 9.69 Å². The molecule has 3 rings (SSSR count). The molecule has 1 heterocycles. The Bertz CT molecular complexity index is 917. The van der Waals surface area contributed by atoms with Crippen molar-refractivity contribution in [1.29, 1.82) is 0 Å². The van der Waals surface area contributed by atoms with E-state index in [1.807, 2.05) is 56.3 Å². The summed E-state index contributed by atoms with van der Waals surface area (Å²) in [4.78, 5) is 26.3. The lowest BCUT2D eigenvalue weighted by atomic mass is 9.96. The molecular formula is C23H26N2O3. The van der Waals surface area contributed by atoms with Crippen LogP contribution in [0.4, 0.5) is 4.79 Å². The number of imide groups is 1. The molecule has 1 N–H and O–H groups in total. The number of urea groups is 1. The molecule has 1 aliphatic rings. The predicted octanol–water partition coefficient (Wildman–Crippen LogP) is 4.61. The van der Waals surface area contributed by atoms with E-state index in [0.29, 0.717) is 12.3 Å². The van der Waals surface area contributed by atoms with E-state index in [-0.39, 0.29) is 18.4 Å². The minimum Gasteiger partial charge on any atom is -0.494 e. The van der Waals surface area contributed by atoms with Gasteiger partial charge in [-0.1, -0.05) is 44.2 Å². The molecule has 5 heteroatoms. The highest BCUT2D eigenvalue weighted by Crippen LogP contribution is 2.31. The van der Waals surface area contributed by atoms with E-state index in [9.17, 15) is 9.59 Å². The van der Waals surface area contributed by atoms with Gasteiger partial charge < -0.3 is 10.1 Å². The normalized spacial score (nSPS) is 15.5. The third-order valence-corrected chi connectivity index (χ3v) is 4.77. The van der Waals surface area contributed by atoms with Crippen LogP contribution in [0.15, 0.2) is 48.2 Å². The molecule has 146 valence electrons. The third kappa shape index (κ3) is 4.09. The Labute approximate surface area is 166 Å². The number of hydrogen-bond acceptors (Lipinski definition) is 3. The number of carbonyl (C=O) groups is 2. The standard InChI is InChI=1S/C23H26N2O3/c1-5-28-21-11-16(4)18(12-19(21)15(2)3)13-20-22(26)25(23(27)24-20)14-17-9-7-6-8-10-17/h6-13,15H,5,14H2,1-4H3,(H,24,27)/b20-13+. The van der Waals surface area contributed by atoms with Crippen molar-refractivity contribution in [3.05, 3.63) is 70.4 Å². The van der Waals surface area contributed by atoms with Gasteiger partial charge in [0.2, 0.25) is 0 Å². The lowest BCUT2D eigenvalue weighted by Crippen LogP contribution is -2.30. The third-order valence-electron chi connectivity index (χ3n) is 4.77. The highest BCUT2D eigenvalue weighted by atomic mass is 16.5. The van der Waals surface area contributed by atoms with E-state index < -0.39 is 6.03 Å². The van der Waals surface area contributed by atoms with Gasteiger partial charge in [0.15, 0.2) is 0 Å². The zero-order chi connectivity index (χ0) is 20.3. The number of nitrogens with zero attached hydrogens (tertiary/aromatic N) is 1. The summed E-state index contributed by atoms with van der Waals surface area (Å²) in [7, 11) is 0. The quantitative estimate of drug-likeness (QED) is 0.590. The second kappa shape index (κ2) is 8.30. The molecule has 5 nitrogen and oxygen atoms in total. The van der Waals surface area contributed by atoms with E-state index in [1.54, 1.807) is 6.08 Å². The smallest absolute Gasteiger partial charge is 0.329 e. The van der Waals surface area contributed by atoms with E-state index >= 15 is 0 Å². The largest absolute Gasteiger partial charge is 0.494 e. The summed E-state index contributed by atoms with van der Waals surface area (Å²) in [5, 5.41) is 2.71. The van der Waals surface area contributed by atoms with Gasteiger partial charge in [-0.2, -0.15) is 0 Å². The highest BCUT2D eigenvalue weighted by molar-refractivity contribution is 6.14. The van der Waals surface area contributed by atoms with Crippen LogP contribution in [0.2, 0.25) is 0 Å². The van der Waals surface area contributed by atoms with Crippen LogP contribution in [0.5, 0.6) is 5.75 Å². The Balaban J connectivity index is 1.90. The van der Waals surface area contributed by atoms with Crippen molar-refractivity contribution < 1.29 is 14.3 Å². The average molecular weight is 378 g/mol. The molecule has 1 fully saturated rings. The molecule has 2 aromatic carbocycles. The summed E-state index contributed by atoms with van der Waals surface area (Å²) in [5.74, 6) is 0.834. The minimum absolute atomic E-state index is 0.252. The molecule has 0 aromatic heterocycles. The van der Waals surface area contributed by atoms with Crippen molar-refractivity contribution in [2.75, 3.05) is 6.61 Å². The zero-order valence-electron chi connectivity index (χ0n) is 16.8. The number of aryl methyl sites for hydroxylation is 1. The number of benzene rings is 2. The monoisotopic (exact) mass is 378 g/mol. The molecule has 28 heavy (non-hydrogen) atoms. The van der Waals surface area contributed by atoms with Crippen LogP contribution in [-0.4, -0.2) is 23.4 Å². The van der Waals surface area contributed by atoms with E-state index in [0.717, 1.165) is 28.0 Å². The van der Waals surface area contributed by atoms with Gasteiger partial charge in [-0.05, 0) is 60.2 Å². The summed E-state index contributed by atoms with van der Waals surface area (Å²) >= 11 is 0. The molecular weight excluding hydrogens is 352 g/mol. The van der Waals surface area contributed by atoms with Crippen LogP contribution in [0.3, 0.4) is 0 Å². The first-order valence-electron chi connectivity index (χ1n) is 9.56. The number of ether oxygens (including phenoxy) is 1. The highest BCUT2D eigenvalue weighted by Gasteiger charge is 2.33. The first-order valence-corrected chi connectivity index (χ1v) is 9.56. The summed E-state index contributed by atoms with van der Waals surface area (Å²) in [6, 6.07) is 13.1. The Morgan fingerprint density at radius 1 is 1.14 bits per heavy atom. The molecule has 2 aromatic rings. The van der Waals surface area contributed by atoms with Crippen molar-refractivity contribution in [2.24, 2.45) is 0 Å². The Morgan fingerprint density at radius 3 is 2.50 bits per heavy atom. The number of hydrogen-bond donors (Lipinski definition) is 1. The zero-order valence-corrected chi connectivity index (χ0v) is 16.8. The maximum Gasteiger partial charge on any atom is 0.329 e. The second-order valence-corrected chi connectivity index (χ2v) is 7.20. The molecule has 0 aliphatic carbocycles. The van der Waals surface area contributed by atoms with Gasteiger partial charge in [0.25, 0.3) is 5.91 Å². The first-order chi connectivity index (χ1) is 13.4. The van der Waals surface area contributed by atoms with Gasteiger partial charge in [-0.25, -0.2) is 4.79 Å². The van der Waals surface area contributed by atoms with Crippen molar-refractivity contribution in [3.63, 3.8) is 0 Å². The summed E-state index contributed by atoms with van der Waals surface area (Å²) in [6.07, 6.45) is 1.75. The molecule has 0 bridgehead atoms. The molecule has 1 saturated heterocycles. The van der Waals surface area contributed by atoms with Gasteiger partial charge >= 0.3 is 6.03 Å². The van der Waals surface area contributed by atoms with Crippen molar-refractivity contribution in [3.8, 4) is 5.75 Å². The van der Waals surface area contributed by atoms with Crippen molar-refractivity contribution in [2.45, 2.75) is 40.2 Å². The minimum atomic E-state index is -0.396. The molecule has 3 amide bonds. The predicted molar refractivity (Wildman–Crippen MR) is 110 cm³/mol. The molecule has 1 aliphatic heterocycles. The topological polar surface area (TPSA) is 58.6 Å². The van der Waals surface area contributed by atoms with Crippen LogP contribution in [0, 0.1) is 6.92 Å². The number of nitrogens with one attached hydrogen (secondary N) is 1. The number of carbonyl (C=O) groups excluding carboxylic acids is 2. The molecule has 0 unspecified atom stereocenters. The van der Waals surface area contributed by atoms with Gasteiger partial charge in [0, 0.05) is 0 Å². The summed E-state index contributed by atoms with van der Waals surface area (Å²) < 4.78 is 5.76. The van der Waals surface area contributed by atoms with Crippen LogP contribution >= 0.6 is 0 Å². The maximum absolute atomic E-state index is 12.8. The first kappa shape index (κ1) is 19.7. The number of amides is 3. The fourth-order valence-corrected chi connectivity index (χ4v) is 3.24. The fraction of sp³-hybridized carbons (Fsp3) is 0.304. The summed E-state index contributed by atoms with van der Waals surface area (Å²) in [6.45, 7) is 9.00. The maximum atomic E-state index is 12.8. The van der Waals surface area contributed by atoms with Crippen LogP contribution in [0.25, 0.3) is 6.08 Å². The summed E-state index contributed by atoms with van der Waals surface area (Å²) in [5.41, 5.74) is 4.17. The van der Waals surface area contributed by atoms with Crippen LogP contribution in [0.1, 0.15) is 48.9 Å². The Hall–Kier alpha value is -3.08. The van der Waals surface area contributed by atoms with Crippen LogP contribution in [-0.2, 0) is 11.3 Å². The van der Waals surface area contributed by atoms with E-state index in [4.69, 9.17) is 4.74 Å². The number of rotatable bonds is 6. The Morgan fingerprint density at radius 2 is 1.86 bits per heavy atom. The van der Waals surface area contributed by atoms with E-state index in [2.05, 4.69) is 19.2 Å². The average Bonchev–Trinajstić information content (AvgIpc) is 2.92. The molecule has 0 radical (unpaired) electrons. The van der Waals surface area contributed by atoms with Gasteiger partial charge in [0.05, 0.1) is 13.2 Å². The molecule has 0 atom stereocenters. The van der Waals surface area contributed by atoms with Crippen LogP contribution < -0.4 is 10.1 Å². The fourth-order valence-electron chi connectivity index (χ4n) is 3.24. The lowest BCUT2D eigenvalue weighted by molar-refractivity contribution is -0.123. The second-order valence-electron chi connectivity index (χ2n) is 7.20. The lowest BCUT2D eigenvalue weighted by Gasteiger charge is -2.16. The Kier molecular flexibility index (Phi) is 5.83. The van der Waals surface area contributed by atoms with E-state index in [1.165, 1.54) is 4.90 Å². The van der Waals surface area contributed by atoms with Crippen molar-refractivity contribution >= 4 is 18.0 Å². The van der Waals surface area contributed by atoms with Crippen molar-refractivity contribution in [1.82, 2.24) is 10.2 Å². The SMILES string of the molecule is CCOc1cc(C)c(/C=C2/NC(=O)N(Cc3ccccc3)C2=O)cc1C(C)C.